The van der Waals surface area contributed by atoms with Crippen LogP contribution in [-0.4, -0.2) is 35.1 Å². The Morgan fingerprint density at radius 1 is 1.11 bits per heavy atom. The number of hydrogen-bond donors (Lipinski definition) is 0. The molecule has 1 rings (SSSR count). The molecule has 6 heteroatoms. The van der Waals surface area contributed by atoms with Crippen LogP contribution in [0.5, 0.6) is 0 Å². The average molecular weight is 252 g/mol. The maximum absolute atomic E-state index is 12.0. The molecular formula is C12H16N2O4. The quantitative estimate of drug-likeness (QED) is 0.571. The van der Waals surface area contributed by atoms with E-state index in [1.54, 1.807) is 19.9 Å². The van der Waals surface area contributed by atoms with Crippen LogP contribution < -0.4 is 0 Å². The average Bonchev–Trinajstić information content (AvgIpc) is 2.39. The van der Waals surface area contributed by atoms with Gasteiger partial charge in [-0.3, -0.25) is 9.59 Å². The SMILES string of the molecule is CCOC(=O)C(C)(C(=O)OCC)c1ncccn1. The van der Waals surface area contributed by atoms with Gasteiger partial charge in [0.25, 0.3) is 0 Å². The Hall–Kier alpha value is -1.98. The van der Waals surface area contributed by atoms with Gasteiger partial charge in [0, 0.05) is 12.4 Å². The van der Waals surface area contributed by atoms with Crippen molar-refractivity contribution in [3.05, 3.63) is 24.3 Å². The molecule has 98 valence electrons. The standard InChI is InChI=1S/C12H16N2O4/c1-4-17-10(15)12(3,11(16)18-5-2)9-13-7-6-8-14-9/h6-8H,4-5H2,1-3H3. The number of carbonyl (C=O) groups excluding carboxylic acids is 2. The lowest BCUT2D eigenvalue weighted by Gasteiger charge is -2.23. The van der Waals surface area contributed by atoms with Crippen LogP contribution in [0.15, 0.2) is 18.5 Å². The van der Waals surface area contributed by atoms with Crippen molar-refractivity contribution >= 4 is 11.9 Å². The Balaban J connectivity index is 3.17. The molecular weight excluding hydrogens is 236 g/mol. The first-order valence-electron chi connectivity index (χ1n) is 5.69. The fourth-order valence-electron chi connectivity index (χ4n) is 1.37. The van der Waals surface area contributed by atoms with Gasteiger partial charge in [-0.1, -0.05) is 0 Å². The maximum Gasteiger partial charge on any atom is 0.331 e. The summed E-state index contributed by atoms with van der Waals surface area (Å²) in [5, 5.41) is 0. The van der Waals surface area contributed by atoms with Crippen molar-refractivity contribution in [2.24, 2.45) is 0 Å². The van der Waals surface area contributed by atoms with Crippen LogP contribution in [-0.2, 0) is 24.5 Å². The molecule has 0 radical (unpaired) electrons. The third-order valence-electron chi connectivity index (χ3n) is 2.38. The maximum atomic E-state index is 12.0. The topological polar surface area (TPSA) is 78.4 Å². The van der Waals surface area contributed by atoms with Crippen molar-refractivity contribution in [1.82, 2.24) is 9.97 Å². The van der Waals surface area contributed by atoms with E-state index < -0.39 is 17.4 Å². The molecule has 6 nitrogen and oxygen atoms in total. The van der Waals surface area contributed by atoms with Crippen LogP contribution in [0.25, 0.3) is 0 Å². The van der Waals surface area contributed by atoms with Crippen molar-refractivity contribution in [1.29, 1.82) is 0 Å². The minimum Gasteiger partial charge on any atom is -0.465 e. The van der Waals surface area contributed by atoms with Crippen molar-refractivity contribution < 1.29 is 19.1 Å². The second-order valence-electron chi connectivity index (χ2n) is 3.64. The highest BCUT2D eigenvalue weighted by molar-refractivity contribution is 6.05. The Morgan fingerprint density at radius 3 is 1.94 bits per heavy atom. The van der Waals surface area contributed by atoms with E-state index in [4.69, 9.17) is 9.47 Å². The zero-order valence-corrected chi connectivity index (χ0v) is 10.7. The lowest BCUT2D eigenvalue weighted by Crippen LogP contribution is -2.45. The summed E-state index contributed by atoms with van der Waals surface area (Å²) in [5.74, 6) is -1.36. The molecule has 0 fully saturated rings. The Morgan fingerprint density at radius 2 is 1.56 bits per heavy atom. The molecule has 1 heterocycles. The second-order valence-corrected chi connectivity index (χ2v) is 3.64. The molecule has 0 aliphatic carbocycles. The molecule has 0 N–H and O–H groups in total. The first-order chi connectivity index (χ1) is 8.57. The molecule has 18 heavy (non-hydrogen) atoms. The minimum absolute atomic E-state index is 0.0712. The van der Waals surface area contributed by atoms with Crippen molar-refractivity contribution in [2.45, 2.75) is 26.2 Å². The smallest absolute Gasteiger partial charge is 0.331 e. The van der Waals surface area contributed by atoms with Gasteiger partial charge in [-0.05, 0) is 26.8 Å². The number of rotatable bonds is 5. The van der Waals surface area contributed by atoms with E-state index in [1.807, 2.05) is 0 Å². The zero-order valence-electron chi connectivity index (χ0n) is 10.7. The molecule has 0 aliphatic heterocycles. The molecule has 1 aromatic heterocycles. The van der Waals surface area contributed by atoms with Crippen LogP contribution >= 0.6 is 0 Å². The van der Waals surface area contributed by atoms with Crippen molar-refractivity contribution in [2.75, 3.05) is 13.2 Å². The van der Waals surface area contributed by atoms with Crippen molar-refractivity contribution in [3.63, 3.8) is 0 Å². The van der Waals surface area contributed by atoms with Gasteiger partial charge >= 0.3 is 11.9 Å². The number of hydrogen-bond acceptors (Lipinski definition) is 6. The van der Waals surface area contributed by atoms with E-state index in [0.717, 1.165) is 0 Å². The van der Waals surface area contributed by atoms with Crippen LogP contribution in [0.4, 0.5) is 0 Å². The largest absolute Gasteiger partial charge is 0.465 e. The summed E-state index contributed by atoms with van der Waals surface area (Å²) in [5.41, 5.74) is -1.63. The van der Waals surface area contributed by atoms with Crippen LogP contribution in [0, 0.1) is 0 Å². The number of aromatic nitrogens is 2. The number of esters is 2. The van der Waals surface area contributed by atoms with Crippen molar-refractivity contribution in [3.8, 4) is 0 Å². The molecule has 0 aromatic carbocycles. The number of nitrogens with zero attached hydrogens (tertiary/aromatic N) is 2. The predicted molar refractivity (Wildman–Crippen MR) is 62.7 cm³/mol. The monoisotopic (exact) mass is 252 g/mol. The zero-order chi connectivity index (χ0) is 13.6. The lowest BCUT2D eigenvalue weighted by atomic mass is 9.89. The Bertz CT molecular complexity index is 401. The highest BCUT2D eigenvalue weighted by Gasteiger charge is 2.48. The summed E-state index contributed by atoms with van der Waals surface area (Å²) in [6, 6.07) is 1.60. The van der Waals surface area contributed by atoms with Crippen LogP contribution in [0.3, 0.4) is 0 Å². The molecule has 0 aliphatic rings. The minimum atomic E-state index is -1.63. The van der Waals surface area contributed by atoms with Gasteiger partial charge in [0.1, 0.15) is 0 Å². The highest BCUT2D eigenvalue weighted by Crippen LogP contribution is 2.23. The number of carbonyl (C=O) groups is 2. The van der Waals surface area contributed by atoms with Gasteiger partial charge in [0.15, 0.2) is 5.82 Å². The normalized spacial score (nSPS) is 10.8. The third-order valence-corrected chi connectivity index (χ3v) is 2.38. The molecule has 0 saturated carbocycles. The number of ether oxygens (including phenoxy) is 2. The highest BCUT2D eigenvalue weighted by atomic mass is 16.6. The van der Waals surface area contributed by atoms with E-state index >= 15 is 0 Å². The van der Waals surface area contributed by atoms with Gasteiger partial charge < -0.3 is 9.47 Å². The molecule has 0 saturated heterocycles. The van der Waals surface area contributed by atoms with Gasteiger partial charge in [0.05, 0.1) is 13.2 Å². The fourth-order valence-corrected chi connectivity index (χ4v) is 1.37. The van der Waals surface area contributed by atoms with Gasteiger partial charge in [-0.15, -0.1) is 0 Å². The summed E-state index contributed by atoms with van der Waals surface area (Å²) < 4.78 is 9.82. The molecule has 0 bridgehead atoms. The summed E-state index contributed by atoms with van der Waals surface area (Å²) in [4.78, 5) is 31.8. The summed E-state index contributed by atoms with van der Waals surface area (Å²) in [6.07, 6.45) is 2.91. The first-order valence-corrected chi connectivity index (χ1v) is 5.69. The lowest BCUT2D eigenvalue weighted by molar-refractivity contribution is -0.164. The van der Waals surface area contributed by atoms with E-state index in [0.29, 0.717) is 0 Å². The predicted octanol–water partition coefficient (Wildman–Crippen LogP) is 0.861. The molecule has 0 unspecified atom stereocenters. The Labute approximate surface area is 105 Å². The van der Waals surface area contributed by atoms with Crippen LogP contribution in [0.1, 0.15) is 26.6 Å². The first kappa shape index (κ1) is 14.1. The summed E-state index contributed by atoms with van der Waals surface area (Å²) in [6.45, 7) is 5.06. The molecule has 0 atom stereocenters. The van der Waals surface area contributed by atoms with E-state index in [2.05, 4.69) is 9.97 Å². The van der Waals surface area contributed by atoms with E-state index in [-0.39, 0.29) is 19.0 Å². The van der Waals surface area contributed by atoms with Gasteiger partial charge in [0.2, 0.25) is 5.41 Å². The molecule has 0 amide bonds. The fraction of sp³-hybridized carbons (Fsp3) is 0.500. The van der Waals surface area contributed by atoms with Gasteiger partial charge in [-0.2, -0.15) is 0 Å². The molecule has 1 aromatic rings. The Kier molecular flexibility index (Phi) is 4.76. The van der Waals surface area contributed by atoms with E-state index in [9.17, 15) is 9.59 Å². The summed E-state index contributed by atoms with van der Waals surface area (Å²) in [7, 11) is 0. The summed E-state index contributed by atoms with van der Waals surface area (Å²) >= 11 is 0. The van der Waals surface area contributed by atoms with Gasteiger partial charge in [-0.25, -0.2) is 9.97 Å². The van der Waals surface area contributed by atoms with E-state index in [1.165, 1.54) is 19.3 Å². The molecule has 0 spiro atoms. The second kappa shape index (κ2) is 6.09. The van der Waals surface area contributed by atoms with Crippen LogP contribution in [0.2, 0.25) is 0 Å². The third kappa shape index (κ3) is 2.64.